The lowest BCUT2D eigenvalue weighted by Gasteiger charge is -2.33. The molecule has 2 aliphatic rings. The number of aromatic amines is 1. The Morgan fingerprint density at radius 3 is 3.20 bits per heavy atom. The van der Waals surface area contributed by atoms with Gasteiger partial charge in [0.1, 0.15) is 11.5 Å². The summed E-state index contributed by atoms with van der Waals surface area (Å²) in [7, 11) is 0. The van der Waals surface area contributed by atoms with Crippen LogP contribution in [-0.4, -0.2) is 22.4 Å². The van der Waals surface area contributed by atoms with Crippen LogP contribution in [0.3, 0.4) is 0 Å². The van der Waals surface area contributed by atoms with Crippen molar-refractivity contribution in [3.05, 3.63) is 46.9 Å². The highest BCUT2D eigenvalue weighted by Gasteiger charge is 2.42. The molecule has 2 aromatic rings. The van der Waals surface area contributed by atoms with E-state index in [1.165, 1.54) is 11.1 Å². The molecular formula is C15H16N4O. The largest absolute Gasteiger partial charge is 0.369 e. The summed E-state index contributed by atoms with van der Waals surface area (Å²) >= 11 is 0. The fourth-order valence-electron chi connectivity index (χ4n) is 3.57. The number of primary amides is 1. The number of fused-ring (bicyclic) bond motifs is 3. The summed E-state index contributed by atoms with van der Waals surface area (Å²) in [4.78, 5) is 18.9. The highest BCUT2D eigenvalue weighted by atomic mass is 16.1. The lowest BCUT2D eigenvalue weighted by molar-refractivity contribution is 0.0996. The molecule has 1 aliphatic carbocycles. The number of nitrogens with one attached hydrogen (secondary N) is 2. The van der Waals surface area contributed by atoms with Gasteiger partial charge in [0.05, 0.1) is 0 Å². The maximum Gasteiger partial charge on any atom is 0.265 e. The van der Waals surface area contributed by atoms with Gasteiger partial charge in [-0.05, 0) is 37.0 Å². The first kappa shape index (κ1) is 11.5. The molecule has 1 amide bonds. The molecule has 4 N–H and O–H groups in total. The Balaban J connectivity index is 1.75. The molecule has 1 atom stereocenters. The molecule has 0 fully saturated rings. The van der Waals surface area contributed by atoms with Gasteiger partial charge >= 0.3 is 0 Å². The zero-order chi connectivity index (χ0) is 13.7. The second kappa shape index (κ2) is 3.85. The summed E-state index contributed by atoms with van der Waals surface area (Å²) in [6, 6.07) is 6.07. The van der Waals surface area contributed by atoms with Gasteiger partial charge in [-0.3, -0.25) is 4.79 Å². The number of hydrogen-bond acceptors (Lipinski definition) is 3. The van der Waals surface area contributed by atoms with Crippen molar-refractivity contribution in [1.29, 1.82) is 0 Å². The number of anilines is 1. The molecule has 1 unspecified atom stereocenters. The minimum Gasteiger partial charge on any atom is -0.369 e. The number of H-pyrrole nitrogens is 1. The monoisotopic (exact) mass is 268 g/mol. The highest BCUT2D eigenvalue weighted by molar-refractivity contribution is 5.91. The van der Waals surface area contributed by atoms with E-state index in [1.54, 1.807) is 0 Å². The number of aryl methyl sites for hydroxylation is 1. The number of amides is 1. The molecule has 5 heteroatoms. The Morgan fingerprint density at radius 2 is 2.35 bits per heavy atom. The Bertz CT molecular complexity index is 706. The number of carbonyl (C=O) groups excluding carboxylic acids is 1. The lowest BCUT2D eigenvalue weighted by Crippen LogP contribution is -2.35. The van der Waals surface area contributed by atoms with Crippen molar-refractivity contribution in [3.8, 4) is 0 Å². The van der Waals surface area contributed by atoms with Crippen LogP contribution in [0.4, 0.5) is 5.82 Å². The average Bonchev–Trinajstić information content (AvgIpc) is 3.02. The molecular weight excluding hydrogens is 252 g/mol. The van der Waals surface area contributed by atoms with E-state index in [1.807, 2.05) is 18.3 Å². The Labute approximate surface area is 116 Å². The molecule has 4 rings (SSSR count). The predicted octanol–water partition coefficient (Wildman–Crippen LogP) is 1.36. The van der Waals surface area contributed by atoms with E-state index in [0.29, 0.717) is 5.69 Å². The fraction of sp³-hybridized carbons (Fsp3) is 0.333. The summed E-state index contributed by atoms with van der Waals surface area (Å²) in [5.41, 5.74) is 9.64. The van der Waals surface area contributed by atoms with E-state index in [0.717, 1.165) is 37.3 Å². The number of aromatic nitrogens is 2. The second-order valence-corrected chi connectivity index (χ2v) is 5.76. The zero-order valence-corrected chi connectivity index (χ0v) is 11.1. The summed E-state index contributed by atoms with van der Waals surface area (Å²) < 4.78 is 0. The van der Waals surface area contributed by atoms with Crippen LogP contribution in [0, 0.1) is 0 Å². The lowest BCUT2D eigenvalue weighted by atomic mass is 9.70. The first-order valence-corrected chi connectivity index (χ1v) is 6.88. The second-order valence-electron chi connectivity index (χ2n) is 5.76. The molecule has 102 valence electrons. The average molecular weight is 268 g/mol. The Morgan fingerprint density at radius 1 is 1.45 bits per heavy atom. The van der Waals surface area contributed by atoms with E-state index in [4.69, 9.17) is 5.73 Å². The summed E-state index contributed by atoms with van der Waals surface area (Å²) in [5, 5.41) is 3.41. The molecule has 0 aromatic carbocycles. The SMILES string of the molecule is NC(=O)c1cc2c([nH]1)CCC1(CNc3ncccc31)C2. The number of nitrogens with two attached hydrogens (primary N) is 1. The molecule has 3 heterocycles. The van der Waals surface area contributed by atoms with Crippen molar-refractivity contribution >= 4 is 11.7 Å². The van der Waals surface area contributed by atoms with Gasteiger partial charge in [0.25, 0.3) is 5.91 Å². The molecule has 0 bridgehead atoms. The van der Waals surface area contributed by atoms with Crippen LogP contribution in [0.5, 0.6) is 0 Å². The number of pyridine rings is 1. The minimum absolute atomic E-state index is 0.105. The van der Waals surface area contributed by atoms with Gasteiger partial charge in [0.2, 0.25) is 0 Å². The summed E-state index contributed by atoms with van der Waals surface area (Å²) in [6.07, 6.45) is 4.75. The number of rotatable bonds is 1. The van der Waals surface area contributed by atoms with Crippen LogP contribution in [0.25, 0.3) is 0 Å². The molecule has 0 saturated carbocycles. The third-order valence-electron chi connectivity index (χ3n) is 4.61. The van der Waals surface area contributed by atoms with E-state index in [9.17, 15) is 4.79 Å². The predicted molar refractivity (Wildman–Crippen MR) is 75.7 cm³/mol. The van der Waals surface area contributed by atoms with Crippen molar-refractivity contribution in [1.82, 2.24) is 9.97 Å². The van der Waals surface area contributed by atoms with E-state index < -0.39 is 0 Å². The fourth-order valence-corrected chi connectivity index (χ4v) is 3.57. The highest BCUT2D eigenvalue weighted by Crippen LogP contribution is 2.44. The molecule has 0 saturated heterocycles. The molecule has 2 aromatic heterocycles. The Kier molecular flexibility index (Phi) is 2.22. The van der Waals surface area contributed by atoms with Crippen molar-refractivity contribution in [2.45, 2.75) is 24.7 Å². The van der Waals surface area contributed by atoms with Crippen molar-refractivity contribution < 1.29 is 4.79 Å². The van der Waals surface area contributed by atoms with Gasteiger partial charge in [-0.1, -0.05) is 6.07 Å². The van der Waals surface area contributed by atoms with Crippen LogP contribution in [-0.2, 0) is 18.3 Å². The van der Waals surface area contributed by atoms with Crippen LogP contribution in [0.1, 0.15) is 33.7 Å². The van der Waals surface area contributed by atoms with Gasteiger partial charge in [-0.15, -0.1) is 0 Å². The summed E-state index contributed by atoms with van der Waals surface area (Å²) in [6.45, 7) is 0.913. The quantitative estimate of drug-likeness (QED) is 0.730. The maximum atomic E-state index is 11.3. The van der Waals surface area contributed by atoms with E-state index >= 15 is 0 Å². The van der Waals surface area contributed by atoms with Crippen LogP contribution >= 0.6 is 0 Å². The smallest absolute Gasteiger partial charge is 0.265 e. The van der Waals surface area contributed by atoms with Crippen molar-refractivity contribution in [3.63, 3.8) is 0 Å². The molecule has 1 spiro atoms. The van der Waals surface area contributed by atoms with Gasteiger partial charge < -0.3 is 16.0 Å². The van der Waals surface area contributed by atoms with Crippen molar-refractivity contribution in [2.24, 2.45) is 5.73 Å². The maximum absolute atomic E-state index is 11.3. The molecule has 20 heavy (non-hydrogen) atoms. The van der Waals surface area contributed by atoms with Gasteiger partial charge in [0.15, 0.2) is 0 Å². The number of carbonyl (C=O) groups is 1. The van der Waals surface area contributed by atoms with Gasteiger partial charge in [0, 0.05) is 29.4 Å². The zero-order valence-electron chi connectivity index (χ0n) is 11.1. The van der Waals surface area contributed by atoms with E-state index in [2.05, 4.69) is 21.4 Å². The minimum atomic E-state index is -0.389. The van der Waals surface area contributed by atoms with Gasteiger partial charge in [-0.2, -0.15) is 0 Å². The molecule has 5 nitrogen and oxygen atoms in total. The molecule has 1 aliphatic heterocycles. The Hall–Kier alpha value is -2.30. The van der Waals surface area contributed by atoms with Crippen LogP contribution < -0.4 is 11.1 Å². The normalized spacial score (nSPS) is 23.2. The topological polar surface area (TPSA) is 83.8 Å². The van der Waals surface area contributed by atoms with Crippen LogP contribution in [0.15, 0.2) is 24.4 Å². The van der Waals surface area contributed by atoms with E-state index in [-0.39, 0.29) is 11.3 Å². The van der Waals surface area contributed by atoms with Gasteiger partial charge in [-0.25, -0.2) is 4.98 Å². The first-order chi connectivity index (χ1) is 9.68. The van der Waals surface area contributed by atoms with Crippen LogP contribution in [0.2, 0.25) is 0 Å². The third-order valence-corrected chi connectivity index (χ3v) is 4.61. The standard InChI is InChI=1S/C15H16N4O/c16-13(20)12-6-9-7-15(4-3-11(9)19-12)8-18-14-10(15)2-1-5-17-14/h1-2,5-6,19H,3-4,7-8H2,(H2,16,20)(H,17,18). The summed E-state index contributed by atoms with van der Waals surface area (Å²) in [5.74, 6) is 0.613. The number of hydrogen-bond donors (Lipinski definition) is 3. The van der Waals surface area contributed by atoms with Crippen molar-refractivity contribution in [2.75, 3.05) is 11.9 Å². The first-order valence-electron chi connectivity index (χ1n) is 6.88. The number of nitrogens with zero attached hydrogens (tertiary/aromatic N) is 1. The third kappa shape index (κ3) is 1.49. The molecule has 0 radical (unpaired) electrons.